The predicted octanol–water partition coefficient (Wildman–Crippen LogP) is 4.23. The fraction of sp³-hybridized carbons (Fsp3) is 0.250. The van der Waals surface area contributed by atoms with Gasteiger partial charge >= 0.3 is 0 Å². The first kappa shape index (κ1) is 18.4. The third kappa shape index (κ3) is 3.22. The number of fused-ring (bicyclic) bond motifs is 1. The van der Waals surface area contributed by atoms with Crippen molar-refractivity contribution in [1.29, 1.82) is 5.26 Å². The van der Waals surface area contributed by atoms with E-state index in [-0.39, 0.29) is 29.2 Å². The second-order valence-electron chi connectivity index (χ2n) is 6.80. The molecule has 0 amide bonds. The fourth-order valence-electron chi connectivity index (χ4n) is 3.62. The lowest BCUT2D eigenvalue weighted by atomic mass is 10.0. The van der Waals surface area contributed by atoms with E-state index < -0.39 is 26.7 Å². The van der Waals surface area contributed by atoms with E-state index in [0.29, 0.717) is 29.3 Å². The topological polar surface area (TPSA) is 82.9 Å². The number of aromatic nitrogens is 1. The number of nitriles is 1. The number of ether oxygens (including phenoxy) is 1. The van der Waals surface area contributed by atoms with Crippen LogP contribution in [0.4, 0.5) is 8.78 Å². The van der Waals surface area contributed by atoms with Crippen LogP contribution in [0.25, 0.3) is 10.9 Å². The lowest BCUT2D eigenvalue weighted by Crippen LogP contribution is -2.19. The van der Waals surface area contributed by atoms with Gasteiger partial charge in [-0.15, -0.1) is 0 Å². The summed E-state index contributed by atoms with van der Waals surface area (Å²) in [6, 6.07) is 8.28. The molecular formula is C20H16F2N2O3S. The van der Waals surface area contributed by atoms with Crippen LogP contribution in [-0.2, 0) is 16.3 Å². The van der Waals surface area contributed by atoms with Crippen LogP contribution in [0.15, 0.2) is 36.5 Å². The highest BCUT2D eigenvalue weighted by molar-refractivity contribution is 7.92. The van der Waals surface area contributed by atoms with Gasteiger partial charge < -0.3 is 9.72 Å². The van der Waals surface area contributed by atoms with Crippen LogP contribution in [0.2, 0.25) is 0 Å². The Labute approximate surface area is 160 Å². The van der Waals surface area contributed by atoms with E-state index in [0.717, 1.165) is 6.07 Å². The van der Waals surface area contributed by atoms with Crippen LogP contribution in [0.3, 0.4) is 0 Å². The molecule has 4 rings (SSSR count). The third-order valence-corrected chi connectivity index (χ3v) is 7.31. The summed E-state index contributed by atoms with van der Waals surface area (Å²) >= 11 is 0. The molecule has 1 fully saturated rings. The average Bonchev–Trinajstić information content (AvgIpc) is 3.25. The second kappa shape index (κ2) is 6.91. The van der Waals surface area contributed by atoms with Gasteiger partial charge in [-0.3, -0.25) is 0 Å². The number of benzene rings is 2. The SMILES string of the molecule is N#Cc1cc(Oc2c(F)cc3[nH]ccc3c2CC2CCCS2(=O)=O)ccc1F. The first-order chi connectivity index (χ1) is 13.4. The molecule has 0 spiro atoms. The molecule has 3 aromatic rings. The van der Waals surface area contributed by atoms with Gasteiger partial charge in [0.2, 0.25) is 0 Å². The maximum Gasteiger partial charge on any atom is 0.168 e. The first-order valence-electron chi connectivity index (χ1n) is 8.76. The Bertz CT molecular complexity index is 1210. The van der Waals surface area contributed by atoms with Gasteiger partial charge in [-0.1, -0.05) is 0 Å². The Balaban J connectivity index is 1.81. The highest BCUT2D eigenvalue weighted by atomic mass is 32.2. The molecule has 28 heavy (non-hydrogen) atoms. The molecule has 0 aliphatic carbocycles. The van der Waals surface area contributed by atoms with E-state index in [1.807, 2.05) is 0 Å². The minimum atomic E-state index is -3.24. The van der Waals surface area contributed by atoms with Crippen LogP contribution in [0, 0.1) is 23.0 Å². The number of hydrogen-bond acceptors (Lipinski definition) is 4. The fourth-order valence-corrected chi connectivity index (χ4v) is 5.47. The molecule has 2 aromatic carbocycles. The minimum Gasteiger partial charge on any atom is -0.454 e. The van der Waals surface area contributed by atoms with Crippen LogP contribution >= 0.6 is 0 Å². The van der Waals surface area contributed by atoms with Gasteiger partial charge in [0.25, 0.3) is 0 Å². The number of H-pyrrole nitrogens is 1. The van der Waals surface area contributed by atoms with Gasteiger partial charge in [-0.2, -0.15) is 5.26 Å². The Morgan fingerprint density at radius 3 is 2.75 bits per heavy atom. The molecule has 1 saturated heterocycles. The molecule has 5 nitrogen and oxygen atoms in total. The van der Waals surface area contributed by atoms with Gasteiger partial charge in [0.05, 0.1) is 16.6 Å². The Kier molecular flexibility index (Phi) is 4.55. The Morgan fingerprint density at radius 2 is 2.04 bits per heavy atom. The van der Waals surface area contributed by atoms with E-state index in [2.05, 4.69) is 4.98 Å². The van der Waals surface area contributed by atoms with E-state index >= 15 is 0 Å². The Hall–Kier alpha value is -2.92. The number of rotatable bonds is 4. The first-order valence-corrected chi connectivity index (χ1v) is 10.5. The summed E-state index contributed by atoms with van der Waals surface area (Å²) < 4.78 is 58.7. The summed E-state index contributed by atoms with van der Waals surface area (Å²) in [6.45, 7) is 0. The van der Waals surface area contributed by atoms with Gasteiger partial charge in [0.15, 0.2) is 21.4 Å². The molecule has 8 heteroatoms. The molecule has 0 saturated carbocycles. The zero-order valence-corrected chi connectivity index (χ0v) is 15.5. The number of halogens is 2. The van der Waals surface area contributed by atoms with Gasteiger partial charge in [-0.05, 0) is 37.5 Å². The van der Waals surface area contributed by atoms with Crippen LogP contribution in [-0.4, -0.2) is 24.4 Å². The zero-order valence-electron chi connectivity index (χ0n) is 14.7. The van der Waals surface area contributed by atoms with Crippen molar-refractivity contribution in [3.8, 4) is 17.6 Å². The molecule has 1 atom stereocenters. The van der Waals surface area contributed by atoms with Crippen molar-refractivity contribution in [3.63, 3.8) is 0 Å². The predicted molar refractivity (Wildman–Crippen MR) is 100.0 cm³/mol. The van der Waals surface area contributed by atoms with Crippen molar-refractivity contribution in [1.82, 2.24) is 4.98 Å². The summed E-state index contributed by atoms with van der Waals surface area (Å²) in [5, 5.41) is 9.06. The van der Waals surface area contributed by atoms with E-state index in [1.165, 1.54) is 18.2 Å². The third-order valence-electron chi connectivity index (χ3n) is 5.04. The highest BCUT2D eigenvalue weighted by Crippen LogP contribution is 2.37. The number of hydrogen-bond donors (Lipinski definition) is 1. The molecule has 144 valence electrons. The number of nitrogens with one attached hydrogen (secondary N) is 1. The van der Waals surface area contributed by atoms with Crippen LogP contribution in [0.5, 0.6) is 11.5 Å². The molecule has 1 aliphatic heterocycles. The molecule has 0 radical (unpaired) electrons. The maximum atomic E-state index is 14.8. The van der Waals surface area contributed by atoms with Gasteiger partial charge in [0.1, 0.15) is 17.6 Å². The summed E-state index contributed by atoms with van der Waals surface area (Å²) in [5.41, 5.74) is 0.752. The van der Waals surface area contributed by atoms with Crippen molar-refractivity contribution < 1.29 is 21.9 Å². The maximum absolute atomic E-state index is 14.8. The Morgan fingerprint density at radius 1 is 1.21 bits per heavy atom. The zero-order chi connectivity index (χ0) is 19.9. The molecule has 1 aromatic heterocycles. The van der Waals surface area contributed by atoms with Gasteiger partial charge in [-0.25, -0.2) is 17.2 Å². The summed E-state index contributed by atoms with van der Waals surface area (Å²) in [6.07, 6.45) is 2.86. The van der Waals surface area contributed by atoms with Crippen molar-refractivity contribution in [2.45, 2.75) is 24.5 Å². The number of sulfone groups is 1. The van der Waals surface area contributed by atoms with Crippen molar-refractivity contribution in [2.24, 2.45) is 0 Å². The highest BCUT2D eigenvalue weighted by Gasteiger charge is 2.33. The smallest absolute Gasteiger partial charge is 0.168 e. The normalized spacial score (nSPS) is 18.2. The molecule has 2 heterocycles. The summed E-state index contributed by atoms with van der Waals surface area (Å²) in [4.78, 5) is 2.93. The molecule has 1 unspecified atom stereocenters. The van der Waals surface area contributed by atoms with E-state index in [1.54, 1.807) is 18.3 Å². The molecular weight excluding hydrogens is 386 g/mol. The number of aromatic amines is 1. The van der Waals surface area contributed by atoms with Crippen LogP contribution < -0.4 is 4.74 Å². The van der Waals surface area contributed by atoms with Gasteiger partial charge in [0, 0.05) is 34.8 Å². The van der Waals surface area contributed by atoms with E-state index in [4.69, 9.17) is 10.00 Å². The minimum absolute atomic E-state index is 0.0993. The molecule has 0 bridgehead atoms. The lowest BCUT2D eigenvalue weighted by Gasteiger charge is -2.16. The molecule has 1 aliphatic rings. The van der Waals surface area contributed by atoms with E-state index in [9.17, 15) is 17.2 Å². The van der Waals surface area contributed by atoms with Crippen molar-refractivity contribution >= 4 is 20.7 Å². The van der Waals surface area contributed by atoms with Crippen LogP contribution in [0.1, 0.15) is 24.0 Å². The van der Waals surface area contributed by atoms with Crippen molar-refractivity contribution in [2.75, 3.05) is 5.75 Å². The molecule has 1 N–H and O–H groups in total. The monoisotopic (exact) mass is 402 g/mol. The quantitative estimate of drug-likeness (QED) is 0.708. The summed E-state index contributed by atoms with van der Waals surface area (Å²) in [5.74, 6) is -1.24. The summed E-state index contributed by atoms with van der Waals surface area (Å²) in [7, 11) is -3.24. The average molecular weight is 402 g/mol. The lowest BCUT2D eigenvalue weighted by molar-refractivity contribution is 0.435. The standard InChI is InChI=1S/C20H16F2N2O3S/c21-17-4-3-13(8-12(17)11-23)27-20-16(9-14-2-1-7-28(14,25)26)15-5-6-24-19(15)10-18(20)22/h3-6,8,10,14,24H,1-2,7,9H2. The number of nitrogens with zero attached hydrogens (tertiary/aromatic N) is 1. The largest absolute Gasteiger partial charge is 0.454 e. The second-order valence-corrected chi connectivity index (χ2v) is 9.20. The van der Waals surface area contributed by atoms with Crippen molar-refractivity contribution in [3.05, 3.63) is 59.3 Å².